The van der Waals surface area contributed by atoms with Crippen LogP contribution in [0.3, 0.4) is 0 Å². The van der Waals surface area contributed by atoms with Crippen molar-refractivity contribution < 1.29 is 22.5 Å². The molecule has 0 atom stereocenters. The summed E-state index contributed by atoms with van der Waals surface area (Å²) >= 11 is 0. The molecule has 0 amide bonds. The summed E-state index contributed by atoms with van der Waals surface area (Å²) in [6.07, 6.45) is 5.18. The highest BCUT2D eigenvalue weighted by molar-refractivity contribution is 7.87. The lowest BCUT2D eigenvalue weighted by Crippen LogP contribution is -2.52. The average molecular weight is 274 g/mol. The van der Waals surface area contributed by atoms with Gasteiger partial charge in [-0.05, 0) is 55.8 Å². The van der Waals surface area contributed by atoms with E-state index in [0.29, 0.717) is 11.8 Å². The minimum atomic E-state index is -3.72. The Labute approximate surface area is 107 Å². The normalized spacial score (nSPS) is 42.1. The number of rotatable bonds is 4. The summed E-state index contributed by atoms with van der Waals surface area (Å²) in [7, 11) is -3.72. The van der Waals surface area contributed by atoms with Crippen molar-refractivity contribution in [2.45, 2.75) is 37.4 Å². The Hall–Kier alpha value is -0.620. The summed E-state index contributed by atoms with van der Waals surface area (Å²) in [4.78, 5) is 10.4. The molecule has 0 heterocycles. The molecule has 1 N–H and O–H groups in total. The van der Waals surface area contributed by atoms with Gasteiger partial charge in [0.25, 0.3) is 10.1 Å². The molecule has 4 saturated carbocycles. The van der Waals surface area contributed by atoms with Crippen molar-refractivity contribution in [3.8, 4) is 0 Å². The van der Waals surface area contributed by atoms with E-state index in [1.54, 1.807) is 0 Å². The van der Waals surface area contributed by atoms with Crippen LogP contribution in [-0.2, 0) is 19.1 Å². The van der Waals surface area contributed by atoms with E-state index < -0.39 is 27.9 Å². The molecule has 18 heavy (non-hydrogen) atoms. The molecule has 5 nitrogen and oxygen atoms in total. The van der Waals surface area contributed by atoms with Crippen LogP contribution in [0.25, 0.3) is 0 Å². The SMILES string of the molecule is O=C(O)COS(=O)(=O)C1C2CC3CC(C2)CC1C3. The minimum absolute atomic E-state index is 0.194. The molecule has 102 valence electrons. The highest BCUT2D eigenvalue weighted by Crippen LogP contribution is 2.55. The average Bonchev–Trinajstić information content (AvgIpc) is 2.24. The predicted molar refractivity (Wildman–Crippen MR) is 63.3 cm³/mol. The van der Waals surface area contributed by atoms with E-state index >= 15 is 0 Å². The van der Waals surface area contributed by atoms with Gasteiger partial charge in [0.1, 0.15) is 0 Å². The Kier molecular flexibility index (Phi) is 2.90. The lowest BCUT2D eigenvalue weighted by molar-refractivity contribution is -0.139. The van der Waals surface area contributed by atoms with Crippen molar-refractivity contribution >= 4 is 16.1 Å². The van der Waals surface area contributed by atoms with Gasteiger partial charge in [-0.15, -0.1) is 0 Å². The van der Waals surface area contributed by atoms with Gasteiger partial charge in [-0.25, -0.2) is 4.79 Å². The fourth-order valence-corrected chi connectivity index (χ4v) is 6.37. The van der Waals surface area contributed by atoms with Crippen LogP contribution in [0.5, 0.6) is 0 Å². The van der Waals surface area contributed by atoms with Crippen LogP contribution in [-0.4, -0.2) is 31.4 Å². The van der Waals surface area contributed by atoms with Gasteiger partial charge in [0, 0.05) is 0 Å². The maximum atomic E-state index is 12.1. The molecular weight excluding hydrogens is 256 g/mol. The molecular formula is C12H18O5S. The van der Waals surface area contributed by atoms with E-state index in [4.69, 9.17) is 5.11 Å². The van der Waals surface area contributed by atoms with E-state index in [9.17, 15) is 13.2 Å². The van der Waals surface area contributed by atoms with Crippen molar-refractivity contribution in [3.63, 3.8) is 0 Å². The third-order valence-electron chi connectivity index (χ3n) is 4.82. The number of hydrogen-bond donors (Lipinski definition) is 1. The summed E-state index contributed by atoms with van der Waals surface area (Å²) in [6.45, 7) is -0.745. The van der Waals surface area contributed by atoms with Crippen LogP contribution in [0.1, 0.15) is 32.1 Å². The Morgan fingerprint density at radius 2 is 1.56 bits per heavy atom. The van der Waals surface area contributed by atoms with Crippen LogP contribution >= 0.6 is 0 Å². The van der Waals surface area contributed by atoms with E-state index in [0.717, 1.165) is 25.7 Å². The predicted octanol–water partition coefficient (Wildman–Crippen LogP) is 1.24. The topological polar surface area (TPSA) is 80.7 Å². The van der Waals surface area contributed by atoms with Crippen LogP contribution in [0.15, 0.2) is 0 Å². The zero-order valence-electron chi connectivity index (χ0n) is 10.1. The fraction of sp³-hybridized carbons (Fsp3) is 0.917. The second kappa shape index (κ2) is 4.20. The third-order valence-corrected chi connectivity index (χ3v) is 6.70. The summed E-state index contributed by atoms with van der Waals surface area (Å²) in [5.41, 5.74) is 0. The zero-order chi connectivity index (χ0) is 12.9. The van der Waals surface area contributed by atoms with Crippen molar-refractivity contribution in [1.82, 2.24) is 0 Å². The molecule has 4 fully saturated rings. The Morgan fingerprint density at radius 3 is 2.00 bits per heavy atom. The van der Waals surface area contributed by atoms with Crippen molar-refractivity contribution in [2.24, 2.45) is 23.7 Å². The van der Waals surface area contributed by atoms with E-state index in [2.05, 4.69) is 4.18 Å². The molecule has 0 radical (unpaired) electrons. The maximum absolute atomic E-state index is 12.1. The molecule has 4 bridgehead atoms. The molecule has 6 heteroatoms. The van der Waals surface area contributed by atoms with Gasteiger partial charge >= 0.3 is 5.97 Å². The highest BCUT2D eigenvalue weighted by Gasteiger charge is 2.53. The van der Waals surface area contributed by atoms with Gasteiger partial charge in [-0.3, -0.25) is 4.18 Å². The lowest BCUT2D eigenvalue weighted by Gasteiger charge is -2.53. The van der Waals surface area contributed by atoms with Gasteiger partial charge in [-0.2, -0.15) is 8.42 Å². The second-order valence-electron chi connectivity index (χ2n) is 6.04. The Bertz CT molecular complexity index is 427. The van der Waals surface area contributed by atoms with E-state index in [1.165, 1.54) is 6.42 Å². The largest absolute Gasteiger partial charge is 0.479 e. The maximum Gasteiger partial charge on any atom is 0.331 e. The molecule has 0 aromatic heterocycles. The molecule has 0 saturated heterocycles. The first-order valence-electron chi connectivity index (χ1n) is 6.55. The van der Waals surface area contributed by atoms with Gasteiger partial charge in [-0.1, -0.05) is 0 Å². The number of carbonyl (C=O) groups is 1. The summed E-state index contributed by atoms with van der Waals surface area (Å²) < 4.78 is 29.0. The van der Waals surface area contributed by atoms with E-state index in [1.807, 2.05) is 0 Å². The first kappa shape index (κ1) is 12.4. The fourth-order valence-electron chi connectivity index (χ4n) is 4.56. The van der Waals surface area contributed by atoms with Crippen molar-refractivity contribution in [2.75, 3.05) is 6.61 Å². The number of aliphatic carboxylic acids is 1. The highest BCUT2D eigenvalue weighted by atomic mass is 32.2. The van der Waals surface area contributed by atoms with Gasteiger partial charge in [0.05, 0.1) is 5.25 Å². The Morgan fingerprint density at radius 1 is 1.06 bits per heavy atom. The number of carboxylic acids is 1. The van der Waals surface area contributed by atoms with Gasteiger partial charge in [0.15, 0.2) is 6.61 Å². The number of carboxylic acid groups (broad SMARTS) is 1. The first-order valence-corrected chi connectivity index (χ1v) is 8.03. The standard InChI is InChI=1S/C12H18O5S/c13-11(14)6-17-18(15,16)12-9-2-7-1-8(4-9)5-10(12)3-7/h7-10,12H,1-6H2,(H,13,14). The van der Waals surface area contributed by atoms with Crippen LogP contribution in [0, 0.1) is 23.7 Å². The summed E-state index contributed by atoms with van der Waals surface area (Å²) in [5.74, 6) is 0.541. The third kappa shape index (κ3) is 2.05. The molecule has 0 aromatic rings. The molecule has 4 aliphatic rings. The molecule has 4 aliphatic carbocycles. The lowest BCUT2D eigenvalue weighted by atomic mass is 9.56. The molecule has 0 aliphatic heterocycles. The van der Waals surface area contributed by atoms with Crippen molar-refractivity contribution in [1.29, 1.82) is 0 Å². The van der Waals surface area contributed by atoms with Crippen LogP contribution in [0.2, 0.25) is 0 Å². The molecule has 0 aromatic carbocycles. The number of hydrogen-bond acceptors (Lipinski definition) is 4. The van der Waals surface area contributed by atoms with Gasteiger partial charge in [0.2, 0.25) is 0 Å². The summed E-state index contributed by atoms with van der Waals surface area (Å²) in [5, 5.41) is 8.08. The minimum Gasteiger partial charge on any atom is -0.479 e. The Balaban J connectivity index is 1.78. The quantitative estimate of drug-likeness (QED) is 0.780. The molecule has 0 spiro atoms. The monoisotopic (exact) mass is 274 g/mol. The van der Waals surface area contributed by atoms with Gasteiger partial charge < -0.3 is 5.11 Å². The van der Waals surface area contributed by atoms with Crippen LogP contribution in [0.4, 0.5) is 0 Å². The molecule has 0 unspecified atom stereocenters. The van der Waals surface area contributed by atoms with Crippen molar-refractivity contribution in [3.05, 3.63) is 0 Å². The van der Waals surface area contributed by atoms with E-state index in [-0.39, 0.29) is 11.8 Å². The summed E-state index contributed by atoms with van der Waals surface area (Å²) in [6, 6.07) is 0. The zero-order valence-corrected chi connectivity index (χ0v) is 10.9. The molecule has 4 rings (SSSR count). The van der Waals surface area contributed by atoms with Crippen LogP contribution < -0.4 is 0 Å². The smallest absolute Gasteiger partial charge is 0.331 e. The first-order chi connectivity index (χ1) is 8.45. The second-order valence-corrected chi connectivity index (χ2v) is 7.81.